The second-order valence-electron chi connectivity index (χ2n) is 7.93. The summed E-state index contributed by atoms with van der Waals surface area (Å²) in [6.45, 7) is 2.07. The number of carbonyl (C=O) groups is 3. The fourth-order valence-electron chi connectivity index (χ4n) is 4.09. The highest BCUT2D eigenvalue weighted by Gasteiger charge is 2.40. The summed E-state index contributed by atoms with van der Waals surface area (Å²) in [7, 11) is 0. The van der Waals surface area contributed by atoms with Gasteiger partial charge in [-0.3, -0.25) is 14.4 Å². The van der Waals surface area contributed by atoms with Crippen LogP contribution in [0.3, 0.4) is 0 Å². The number of likely N-dealkylation sites (tertiary alicyclic amines) is 2. The molecule has 1 aromatic carbocycles. The van der Waals surface area contributed by atoms with E-state index in [-0.39, 0.29) is 29.7 Å². The summed E-state index contributed by atoms with van der Waals surface area (Å²) < 4.78 is 0. The molecule has 2 saturated heterocycles. The van der Waals surface area contributed by atoms with Gasteiger partial charge in [0, 0.05) is 37.7 Å². The number of amides is 3. The third kappa shape index (κ3) is 4.15. The number of carbonyl (C=O) groups excluding carboxylic acids is 3. The molecule has 27 heavy (non-hydrogen) atoms. The fourth-order valence-corrected chi connectivity index (χ4v) is 4.09. The van der Waals surface area contributed by atoms with E-state index in [9.17, 15) is 14.4 Å². The van der Waals surface area contributed by atoms with Crippen molar-refractivity contribution in [3.05, 3.63) is 29.8 Å². The van der Waals surface area contributed by atoms with Crippen molar-refractivity contribution in [2.45, 2.75) is 57.5 Å². The van der Waals surface area contributed by atoms with Crippen LogP contribution in [0.15, 0.2) is 24.3 Å². The van der Waals surface area contributed by atoms with Gasteiger partial charge < -0.3 is 15.1 Å². The normalized spacial score (nSPS) is 22.8. The van der Waals surface area contributed by atoms with Crippen molar-refractivity contribution in [2.24, 2.45) is 5.92 Å². The molecule has 3 aliphatic rings. The van der Waals surface area contributed by atoms with E-state index >= 15 is 0 Å². The number of hydrogen-bond donors (Lipinski definition) is 1. The summed E-state index contributed by atoms with van der Waals surface area (Å²) in [6, 6.07) is 7.32. The highest BCUT2D eigenvalue weighted by molar-refractivity contribution is 5.98. The average molecular weight is 369 g/mol. The third-order valence-corrected chi connectivity index (χ3v) is 5.75. The summed E-state index contributed by atoms with van der Waals surface area (Å²) in [6.07, 6.45) is 6.18. The first kappa shape index (κ1) is 18.0. The monoisotopic (exact) mass is 369 g/mol. The van der Waals surface area contributed by atoms with E-state index in [0.717, 1.165) is 56.3 Å². The van der Waals surface area contributed by atoms with Gasteiger partial charge in [-0.2, -0.15) is 0 Å². The van der Waals surface area contributed by atoms with Gasteiger partial charge in [-0.15, -0.1) is 0 Å². The van der Waals surface area contributed by atoms with Gasteiger partial charge in [0.05, 0.1) is 0 Å². The highest BCUT2D eigenvalue weighted by Crippen LogP contribution is 2.34. The van der Waals surface area contributed by atoms with Crippen molar-refractivity contribution in [2.75, 3.05) is 18.4 Å². The Balaban J connectivity index is 1.39. The number of hydrogen-bond acceptors (Lipinski definition) is 3. The highest BCUT2D eigenvalue weighted by atomic mass is 16.2. The van der Waals surface area contributed by atoms with Gasteiger partial charge >= 0.3 is 0 Å². The maximum absolute atomic E-state index is 12.8. The van der Waals surface area contributed by atoms with E-state index in [1.807, 2.05) is 29.2 Å². The van der Waals surface area contributed by atoms with Crippen molar-refractivity contribution in [1.29, 1.82) is 0 Å². The summed E-state index contributed by atoms with van der Waals surface area (Å²) >= 11 is 0. The molecule has 2 aliphatic heterocycles. The van der Waals surface area contributed by atoms with Crippen LogP contribution in [0.1, 0.15) is 50.5 Å². The molecule has 4 rings (SSSR count). The lowest BCUT2D eigenvalue weighted by molar-refractivity contribution is -0.137. The molecule has 1 aromatic rings. The summed E-state index contributed by atoms with van der Waals surface area (Å²) in [5, 5.41) is 2.98. The maximum atomic E-state index is 12.8. The molecular weight excluding hydrogens is 342 g/mol. The minimum atomic E-state index is -0.356. The van der Waals surface area contributed by atoms with E-state index in [0.29, 0.717) is 19.5 Å². The number of nitrogens with one attached hydrogen (secondary N) is 1. The Hall–Kier alpha value is -2.37. The number of nitrogens with zero attached hydrogens (tertiary/aromatic N) is 2. The Morgan fingerprint density at radius 3 is 2.70 bits per heavy atom. The van der Waals surface area contributed by atoms with Crippen LogP contribution in [0.25, 0.3) is 0 Å². The van der Waals surface area contributed by atoms with E-state index < -0.39 is 0 Å². The van der Waals surface area contributed by atoms with Crippen LogP contribution in [-0.4, -0.2) is 46.7 Å². The lowest BCUT2D eigenvalue weighted by atomic mass is 10.1. The number of benzene rings is 1. The Morgan fingerprint density at radius 1 is 1.07 bits per heavy atom. The van der Waals surface area contributed by atoms with Crippen LogP contribution in [-0.2, 0) is 20.9 Å². The second kappa shape index (κ2) is 7.71. The van der Waals surface area contributed by atoms with Crippen molar-refractivity contribution in [1.82, 2.24) is 9.80 Å². The molecule has 0 spiro atoms. The summed E-state index contributed by atoms with van der Waals surface area (Å²) in [5.41, 5.74) is 1.74. The molecule has 6 nitrogen and oxygen atoms in total. The first-order valence-corrected chi connectivity index (χ1v) is 10.1. The van der Waals surface area contributed by atoms with Crippen LogP contribution < -0.4 is 5.32 Å². The van der Waals surface area contributed by atoms with Gasteiger partial charge in [-0.05, 0) is 56.2 Å². The molecule has 6 heteroatoms. The van der Waals surface area contributed by atoms with Crippen molar-refractivity contribution >= 4 is 23.4 Å². The van der Waals surface area contributed by atoms with E-state index in [1.54, 1.807) is 4.90 Å². The third-order valence-electron chi connectivity index (χ3n) is 5.75. The standard InChI is InChI=1S/C21H27N3O3/c25-19-8-1-2-11-23(19)14-15-5-3-6-17(13-15)22-20(26)18-7-4-12-24(18)21(27)16-9-10-16/h3,5-6,13,16,18H,1-2,4,7-12,14H2,(H,22,26). The predicted molar refractivity (Wildman–Crippen MR) is 102 cm³/mol. The minimum absolute atomic E-state index is 0.104. The Kier molecular flexibility index (Phi) is 5.14. The maximum Gasteiger partial charge on any atom is 0.247 e. The van der Waals surface area contributed by atoms with Gasteiger partial charge in [-0.1, -0.05) is 12.1 Å². The summed E-state index contributed by atoms with van der Waals surface area (Å²) in [5.74, 6) is 0.386. The molecule has 1 saturated carbocycles. The Bertz CT molecular complexity index is 744. The summed E-state index contributed by atoms with van der Waals surface area (Å²) in [4.78, 5) is 40.8. The smallest absolute Gasteiger partial charge is 0.247 e. The SMILES string of the molecule is O=C(Nc1cccc(CN2CCCCC2=O)c1)C1CCCN1C(=O)C1CC1. The molecular formula is C21H27N3O3. The lowest BCUT2D eigenvalue weighted by Gasteiger charge is -2.27. The molecule has 0 bridgehead atoms. The van der Waals surface area contributed by atoms with Crippen molar-refractivity contribution in [3.8, 4) is 0 Å². The Morgan fingerprint density at radius 2 is 1.93 bits per heavy atom. The molecule has 2 heterocycles. The topological polar surface area (TPSA) is 69.7 Å². The van der Waals surface area contributed by atoms with E-state index in [2.05, 4.69) is 5.32 Å². The van der Waals surface area contributed by atoms with Gasteiger partial charge in [-0.25, -0.2) is 0 Å². The van der Waals surface area contributed by atoms with Crippen molar-refractivity contribution < 1.29 is 14.4 Å². The first-order chi connectivity index (χ1) is 13.1. The van der Waals surface area contributed by atoms with Crippen LogP contribution in [0.5, 0.6) is 0 Å². The largest absolute Gasteiger partial charge is 0.338 e. The molecule has 1 N–H and O–H groups in total. The van der Waals surface area contributed by atoms with Gasteiger partial charge in [0.2, 0.25) is 17.7 Å². The molecule has 0 radical (unpaired) electrons. The first-order valence-electron chi connectivity index (χ1n) is 10.1. The molecule has 1 atom stereocenters. The molecule has 1 aliphatic carbocycles. The number of rotatable bonds is 5. The van der Waals surface area contributed by atoms with Crippen LogP contribution >= 0.6 is 0 Å². The van der Waals surface area contributed by atoms with Crippen LogP contribution in [0.2, 0.25) is 0 Å². The number of anilines is 1. The van der Waals surface area contributed by atoms with Crippen LogP contribution in [0.4, 0.5) is 5.69 Å². The number of piperidine rings is 1. The molecule has 3 fully saturated rings. The second-order valence-corrected chi connectivity index (χ2v) is 7.93. The van der Waals surface area contributed by atoms with Gasteiger partial charge in [0.25, 0.3) is 0 Å². The molecule has 1 unspecified atom stereocenters. The van der Waals surface area contributed by atoms with Crippen molar-refractivity contribution in [3.63, 3.8) is 0 Å². The van der Waals surface area contributed by atoms with E-state index in [1.165, 1.54) is 0 Å². The zero-order chi connectivity index (χ0) is 18.8. The van der Waals surface area contributed by atoms with Gasteiger partial charge in [0.1, 0.15) is 6.04 Å². The minimum Gasteiger partial charge on any atom is -0.338 e. The molecule has 3 amide bonds. The molecule has 144 valence electrons. The lowest BCUT2D eigenvalue weighted by Crippen LogP contribution is -2.43. The van der Waals surface area contributed by atoms with Gasteiger partial charge in [0.15, 0.2) is 0 Å². The van der Waals surface area contributed by atoms with E-state index in [4.69, 9.17) is 0 Å². The zero-order valence-electron chi connectivity index (χ0n) is 15.7. The fraction of sp³-hybridized carbons (Fsp3) is 0.571. The quantitative estimate of drug-likeness (QED) is 0.867. The predicted octanol–water partition coefficient (Wildman–Crippen LogP) is 2.54. The Labute approximate surface area is 159 Å². The molecule has 0 aromatic heterocycles. The van der Waals surface area contributed by atoms with Crippen LogP contribution in [0, 0.1) is 5.92 Å². The average Bonchev–Trinajstić information content (AvgIpc) is 3.39. The zero-order valence-corrected chi connectivity index (χ0v) is 15.7.